The minimum absolute atomic E-state index is 0.329. The zero-order chi connectivity index (χ0) is 17.8. The van der Waals surface area contributed by atoms with Crippen LogP contribution in [-0.4, -0.2) is 25.3 Å². The van der Waals surface area contributed by atoms with Crippen LogP contribution >= 0.6 is 0 Å². The van der Waals surface area contributed by atoms with Crippen LogP contribution in [0.5, 0.6) is 11.5 Å². The van der Waals surface area contributed by atoms with Gasteiger partial charge in [0.15, 0.2) is 0 Å². The van der Waals surface area contributed by atoms with Crippen LogP contribution in [0.1, 0.15) is 16.1 Å². The average molecular weight is 338 g/mol. The molecule has 3 aromatic rings. The van der Waals surface area contributed by atoms with Gasteiger partial charge in [-0.1, -0.05) is 35.5 Å². The Hall–Kier alpha value is -3.28. The second-order valence-corrected chi connectivity index (χ2v) is 5.35. The summed E-state index contributed by atoms with van der Waals surface area (Å²) in [6.45, 7) is 1.71. The fourth-order valence-corrected chi connectivity index (χ4v) is 2.53. The molecule has 128 valence electrons. The molecule has 6 heteroatoms. The quantitative estimate of drug-likeness (QED) is 0.763. The molecule has 2 aromatic carbocycles. The van der Waals surface area contributed by atoms with E-state index in [0.717, 1.165) is 5.56 Å². The lowest BCUT2D eigenvalue weighted by Gasteiger charge is -2.12. The number of rotatable bonds is 5. The summed E-state index contributed by atoms with van der Waals surface area (Å²) in [6, 6.07) is 14.6. The zero-order valence-electron chi connectivity index (χ0n) is 14.2. The van der Waals surface area contributed by atoms with Gasteiger partial charge in [-0.3, -0.25) is 4.79 Å². The minimum atomic E-state index is -0.329. The van der Waals surface area contributed by atoms with Crippen molar-refractivity contribution in [3.8, 4) is 22.8 Å². The lowest BCUT2D eigenvalue weighted by Crippen LogP contribution is -2.14. The Balaban J connectivity index is 1.97. The van der Waals surface area contributed by atoms with Crippen LogP contribution in [0, 0.1) is 6.92 Å². The van der Waals surface area contributed by atoms with Crippen LogP contribution < -0.4 is 14.8 Å². The molecule has 6 nitrogen and oxygen atoms in total. The van der Waals surface area contributed by atoms with Gasteiger partial charge in [0.05, 0.1) is 19.9 Å². The van der Waals surface area contributed by atoms with Crippen LogP contribution in [0.25, 0.3) is 11.3 Å². The Morgan fingerprint density at radius 3 is 2.52 bits per heavy atom. The summed E-state index contributed by atoms with van der Waals surface area (Å²) in [5, 5.41) is 6.88. The maximum atomic E-state index is 12.9. The SMILES string of the molecule is COc1ccc(OC)c(NC(=O)c2c(-c3ccccc3)noc2C)c1. The molecule has 0 aliphatic carbocycles. The van der Waals surface area contributed by atoms with Crippen molar-refractivity contribution in [1.82, 2.24) is 5.16 Å². The second-order valence-electron chi connectivity index (χ2n) is 5.35. The van der Waals surface area contributed by atoms with E-state index in [2.05, 4.69) is 10.5 Å². The molecule has 1 heterocycles. The molecule has 0 radical (unpaired) electrons. The van der Waals surface area contributed by atoms with Crippen molar-refractivity contribution >= 4 is 11.6 Å². The highest BCUT2D eigenvalue weighted by Crippen LogP contribution is 2.31. The number of benzene rings is 2. The standard InChI is InChI=1S/C19H18N2O4/c1-12-17(18(21-25-12)13-7-5-4-6-8-13)19(22)20-15-11-14(23-2)9-10-16(15)24-3/h4-11H,1-3H3,(H,20,22). The van der Waals surface area contributed by atoms with Crippen molar-refractivity contribution < 1.29 is 18.8 Å². The average Bonchev–Trinajstić information content (AvgIpc) is 3.04. The van der Waals surface area contributed by atoms with Gasteiger partial charge in [-0.25, -0.2) is 0 Å². The molecule has 0 saturated heterocycles. The first kappa shape index (κ1) is 16.6. The van der Waals surface area contributed by atoms with Gasteiger partial charge in [-0.2, -0.15) is 0 Å². The van der Waals surface area contributed by atoms with Gasteiger partial charge < -0.3 is 19.3 Å². The van der Waals surface area contributed by atoms with Gasteiger partial charge in [-0.05, 0) is 19.1 Å². The molecule has 1 aromatic heterocycles. The van der Waals surface area contributed by atoms with Gasteiger partial charge in [0.25, 0.3) is 5.91 Å². The van der Waals surface area contributed by atoms with E-state index in [9.17, 15) is 4.79 Å². The van der Waals surface area contributed by atoms with Gasteiger partial charge in [0.2, 0.25) is 0 Å². The predicted octanol–water partition coefficient (Wildman–Crippen LogP) is 3.92. The molecule has 0 aliphatic rings. The molecule has 0 aliphatic heterocycles. The van der Waals surface area contributed by atoms with Gasteiger partial charge in [0, 0.05) is 11.6 Å². The third kappa shape index (κ3) is 3.33. The summed E-state index contributed by atoms with van der Waals surface area (Å²) in [7, 11) is 3.10. The van der Waals surface area contributed by atoms with Gasteiger partial charge in [-0.15, -0.1) is 0 Å². The Labute approximate surface area is 145 Å². The number of aryl methyl sites for hydroxylation is 1. The first-order valence-electron chi connectivity index (χ1n) is 7.69. The molecule has 1 N–H and O–H groups in total. The second kappa shape index (κ2) is 7.09. The highest BCUT2D eigenvalue weighted by Gasteiger charge is 2.22. The van der Waals surface area contributed by atoms with Crippen molar-refractivity contribution in [1.29, 1.82) is 0 Å². The van der Waals surface area contributed by atoms with E-state index in [1.54, 1.807) is 32.2 Å². The summed E-state index contributed by atoms with van der Waals surface area (Å²) < 4.78 is 15.7. The maximum absolute atomic E-state index is 12.9. The van der Waals surface area contributed by atoms with Gasteiger partial charge in [0.1, 0.15) is 28.5 Å². The zero-order valence-corrected chi connectivity index (χ0v) is 14.2. The summed E-state index contributed by atoms with van der Waals surface area (Å²) in [5.74, 6) is 1.26. The predicted molar refractivity (Wildman–Crippen MR) is 94.2 cm³/mol. The van der Waals surface area contributed by atoms with Crippen LogP contribution in [0.15, 0.2) is 53.1 Å². The molecule has 0 fully saturated rings. The normalized spacial score (nSPS) is 10.4. The smallest absolute Gasteiger partial charge is 0.261 e. The summed E-state index contributed by atoms with van der Waals surface area (Å²) >= 11 is 0. The van der Waals surface area contributed by atoms with Crippen LogP contribution in [-0.2, 0) is 0 Å². The van der Waals surface area contributed by atoms with E-state index >= 15 is 0 Å². The summed E-state index contributed by atoms with van der Waals surface area (Å²) in [4.78, 5) is 12.9. The molecular weight excluding hydrogens is 320 g/mol. The molecule has 3 rings (SSSR count). The van der Waals surface area contributed by atoms with Crippen molar-refractivity contribution in [2.45, 2.75) is 6.92 Å². The Bertz CT molecular complexity index is 888. The van der Waals surface area contributed by atoms with E-state index in [-0.39, 0.29) is 5.91 Å². The number of carbonyl (C=O) groups excluding carboxylic acids is 1. The molecule has 0 atom stereocenters. The van der Waals surface area contributed by atoms with Crippen molar-refractivity contribution in [2.75, 3.05) is 19.5 Å². The highest BCUT2D eigenvalue weighted by molar-refractivity contribution is 6.09. The lowest BCUT2D eigenvalue weighted by molar-refractivity contribution is 0.102. The number of anilines is 1. The van der Waals surface area contributed by atoms with E-state index in [1.807, 2.05) is 30.3 Å². The first-order valence-corrected chi connectivity index (χ1v) is 7.69. The minimum Gasteiger partial charge on any atom is -0.497 e. The molecular formula is C19H18N2O4. The topological polar surface area (TPSA) is 73.6 Å². The third-order valence-electron chi connectivity index (χ3n) is 3.79. The fraction of sp³-hybridized carbons (Fsp3) is 0.158. The Morgan fingerprint density at radius 2 is 1.84 bits per heavy atom. The molecule has 0 bridgehead atoms. The molecule has 0 spiro atoms. The van der Waals surface area contributed by atoms with Crippen molar-refractivity contribution in [2.24, 2.45) is 0 Å². The number of ether oxygens (including phenoxy) is 2. The van der Waals surface area contributed by atoms with Crippen molar-refractivity contribution in [3.05, 3.63) is 59.9 Å². The Kier molecular flexibility index (Phi) is 4.70. The van der Waals surface area contributed by atoms with Gasteiger partial charge >= 0.3 is 0 Å². The largest absolute Gasteiger partial charge is 0.497 e. The summed E-state index contributed by atoms with van der Waals surface area (Å²) in [6.07, 6.45) is 0. The van der Waals surface area contributed by atoms with Crippen LogP contribution in [0.3, 0.4) is 0 Å². The molecule has 0 saturated carbocycles. The number of carbonyl (C=O) groups is 1. The number of amides is 1. The molecule has 25 heavy (non-hydrogen) atoms. The van der Waals surface area contributed by atoms with E-state index < -0.39 is 0 Å². The number of hydrogen-bond acceptors (Lipinski definition) is 5. The number of aromatic nitrogens is 1. The first-order chi connectivity index (χ1) is 12.1. The number of methoxy groups -OCH3 is 2. The highest BCUT2D eigenvalue weighted by atomic mass is 16.5. The third-order valence-corrected chi connectivity index (χ3v) is 3.79. The summed E-state index contributed by atoms with van der Waals surface area (Å²) in [5.41, 5.74) is 2.20. The van der Waals surface area contributed by atoms with E-state index in [0.29, 0.717) is 34.2 Å². The number of hydrogen-bond donors (Lipinski definition) is 1. The van der Waals surface area contributed by atoms with Crippen LogP contribution in [0.4, 0.5) is 5.69 Å². The number of nitrogens with one attached hydrogen (secondary N) is 1. The Morgan fingerprint density at radius 1 is 1.08 bits per heavy atom. The van der Waals surface area contributed by atoms with Crippen molar-refractivity contribution in [3.63, 3.8) is 0 Å². The maximum Gasteiger partial charge on any atom is 0.261 e. The molecule has 0 unspecified atom stereocenters. The van der Waals surface area contributed by atoms with Crippen LogP contribution in [0.2, 0.25) is 0 Å². The fourth-order valence-electron chi connectivity index (χ4n) is 2.53. The lowest BCUT2D eigenvalue weighted by atomic mass is 10.1. The number of nitrogens with zero attached hydrogens (tertiary/aromatic N) is 1. The van der Waals surface area contributed by atoms with E-state index in [1.165, 1.54) is 7.11 Å². The van der Waals surface area contributed by atoms with E-state index in [4.69, 9.17) is 14.0 Å². The monoisotopic (exact) mass is 338 g/mol. The molecule has 1 amide bonds.